The number of fused-ring (bicyclic) bond motifs is 1. The van der Waals surface area contributed by atoms with Gasteiger partial charge in [-0.3, -0.25) is 4.57 Å². The smallest absolute Gasteiger partial charge is 0.346 e. The molecule has 0 N–H and O–H groups in total. The Morgan fingerprint density at radius 1 is 1.21 bits per heavy atom. The van der Waals surface area contributed by atoms with Crippen molar-refractivity contribution in [2.24, 2.45) is 0 Å². The lowest BCUT2D eigenvalue weighted by Gasteiger charge is -2.34. The first kappa shape index (κ1) is 19.0. The minimum absolute atomic E-state index is 0.0451. The van der Waals surface area contributed by atoms with Gasteiger partial charge in [0, 0.05) is 23.8 Å². The molecule has 1 aliphatic rings. The van der Waals surface area contributed by atoms with Gasteiger partial charge in [-0.05, 0) is 19.1 Å². The summed E-state index contributed by atoms with van der Waals surface area (Å²) in [5.74, 6) is 0.343. The number of morpholine rings is 1. The lowest BCUT2D eigenvalue weighted by atomic mass is 10.2. The normalized spacial score (nSPS) is 18.8. The van der Waals surface area contributed by atoms with Crippen molar-refractivity contribution in [2.75, 3.05) is 30.9 Å². The van der Waals surface area contributed by atoms with E-state index in [-0.39, 0.29) is 17.0 Å². The maximum absolute atomic E-state index is 13.7. The second kappa shape index (κ2) is 7.61. The number of para-hydroxylation sites is 2. The molecule has 0 saturated carbocycles. The van der Waals surface area contributed by atoms with Crippen LogP contribution < -0.4 is 4.90 Å². The van der Waals surface area contributed by atoms with Crippen LogP contribution in [0.5, 0.6) is 0 Å². The first-order valence-corrected chi connectivity index (χ1v) is 10.3. The van der Waals surface area contributed by atoms with Gasteiger partial charge < -0.3 is 14.2 Å². The Hall–Kier alpha value is -2.30. The van der Waals surface area contributed by atoms with Gasteiger partial charge in [-0.1, -0.05) is 12.1 Å². The first-order valence-electron chi connectivity index (χ1n) is 8.78. The number of hydrogen-bond donors (Lipinski definition) is 0. The Kier molecular flexibility index (Phi) is 5.17. The molecule has 3 aromatic rings. The molecule has 0 radical (unpaired) electrons. The van der Waals surface area contributed by atoms with E-state index in [1.54, 1.807) is 30.3 Å². The van der Waals surface area contributed by atoms with Gasteiger partial charge in [0.05, 0.1) is 30.3 Å². The van der Waals surface area contributed by atoms with E-state index in [1.165, 1.54) is 10.8 Å². The Morgan fingerprint density at radius 3 is 2.68 bits per heavy atom. The molecule has 1 aromatic carbocycles. The van der Waals surface area contributed by atoms with E-state index >= 15 is 0 Å². The summed E-state index contributed by atoms with van der Waals surface area (Å²) in [7, 11) is 0. The maximum Gasteiger partial charge on any atom is 0.346 e. The zero-order chi connectivity index (χ0) is 19.8. The van der Waals surface area contributed by atoms with E-state index in [9.17, 15) is 13.3 Å². The average Bonchev–Trinajstić information content (AvgIpc) is 3.08. The van der Waals surface area contributed by atoms with Crippen LogP contribution in [0.2, 0.25) is 0 Å². The number of anilines is 1. The zero-order valence-electron chi connectivity index (χ0n) is 15.4. The molecule has 10 heteroatoms. The van der Waals surface area contributed by atoms with E-state index in [0.29, 0.717) is 36.6 Å². The van der Waals surface area contributed by atoms with Gasteiger partial charge >= 0.3 is 5.16 Å². The quantitative estimate of drug-likeness (QED) is 0.489. The van der Waals surface area contributed by atoms with Crippen molar-refractivity contribution in [3.05, 3.63) is 36.2 Å². The number of rotatable bonds is 4. The molecule has 1 fully saturated rings. The fourth-order valence-electron chi connectivity index (χ4n) is 3.29. The van der Waals surface area contributed by atoms with Crippen LogP contribution in [0.4, 0.5) is 14.6 Å². The van der Waals surface area contributed by atoms with Crippen molar-refractivity contribution in [1.82, 2.24) is 19.5 Å². The van der Waals surface area contributed by atoms with Gasteiger partial charge in [0.15, 0.2) is 5.82 Å². The highest BCUT2D eigenvalue weighted by molar-refractivity contribution is 7.90. The third kappa shape index (κ3) is 3.43. The number of imidazole rings is 1. The van der Waals surface area contributed by atoms with Crippen LogP contribution in [0.1, 0.15) is 19.2 Å². The molecule has 0 bridgehead atoms. The van der Waals surface area contributed by atoms with Crippen LogP contribution in [-0.2, 0) is 15.9 Å². The molecule has 148 valence electrons. The van der Waals surface area contributed by atoms with E-state index in [1.807, 2.05) is 11.8 Å². The molecule has 1 saturated heterocycles. The highest BCUT2D eigenvalue weighted by atomic mass is 32.2. The second-order valence-electron chi connectivity index (χ2n) is 6.53. The topological polar surface area (TPSA) is 79.1 Å². The molecule has 0 spiro atoms. The molecule has 1 unspecified atom stereocenters. The molecular weight excluding hydrogens is 388 g/mol. The molecule has 28 heavy (non-hydrogen) atoms. The maximum atomic E-state index is 13.7. The summed E-state index contributed by atoms with van der Waals surface area (Å²) >= 11 is -1.48. The van der Waals surface area contributed by atoms with Crippen molar-refractivity contribution in [3.8, 4) is 5.82 Å². The van der Waals surface area contributed by atoms with Crippen molar-refractivity contribution < 1.29 is 18.1 Å². The Balaban J connectivity index is 1.93. The minimum Gasteiger partial charge on any atom is -0.609 e. The number of halogens is 2. The molecule has 3 heterocycles. The predicted molar refractivity (Wildman–Crippen MR) is 102 cm³/mol. The Morgan fingerprint density at radius 2 is 1.96 bits per heavy atom. The van der Waals surface area contributed by atoms with Gasteiger partial charge in [-0.25, -0.2) is 13.8 Å². The minimum atomic E-state index is -2.79. The molecule has 2 atom stereocenters. The van der Waals surface area contributed by atoms with Crippen LogP contribution in [-0.4, -0.2) is 56.1 Å². The summed E-state index contributed by atoms with van der Waals surface area (Å²) in [4.78, 5) is 14.8. The van der Waals surface area contributed by atoms with Crippen LogP contribution >= 0.6 is 0 Å². The van der Waals surface area contributed by atoms with Gasteiger partial charge in [-0.2, -0.15) is 9.97 Å². The summed E-state index contributed by atoms with van der Waals surface area (Å²) in [6, 6.07) is 8.55. The first-order chi connectivity index (χ1) is 13.5. The Bertz CT molecular complexity index is 997. The molecule has 4 rings (SSSR count). The fraction of sp³-hybridized carbons (Fsp3) is 0.389. The van der Waals surface area contributed by atoms with Crippen molar-refractivity contribution in [3.63, 3.8) is 0 Å². The van der Waals surface area contributed by atoms with Gasteiger partial charge in [0.25, 0.3) is 6.43 Å². The molecule has 2 aromatic heterocycles. The average molecular weight is 407 g/mol. The van der Waals surface area contributed by atoms with Crippen molar-refractivity contribution >= 4 is 28.0 Å². The third-order valence-corrected chi connectivity index (χ3v) is 5.31. The summed E-state index contributed by atoms with van der Waals surface area (Å²) < 4.78 is 46.3. The van der Waals surface area contributed by atoms with Gasteiger partial charge in [0.1, 0.15) is 17.9 Å². The highest BCUT2D eigenvalue weighted by Gasteiger charge is 2.26. The third-order valence-electron chi connectivity index (χ3n) is 4.61. The van der Waals surface area contributed by atoms with Crippen LogP contribution in [0.3, 0.4) is 0 Å². The lowest BCUT2D eigenvalue weighted by Crippen LogP contribution is -2.44. The summed E-state index contributed by atoms with van der Waals surface area (Å²) in [5.41, 5.74) is 0.946. The number of alkyl halides is 2. The molecular formula is C18H19F2N5O2S. The molecule has 0 aliphatic carbocycles. The standard InChI is InChI=1S/C18H19F2N5O2S/c1-11-10-27-8-7-24(11)14-9-15(23-18(22-14)28(2)26)25-13-6-4-3-5-12(13)21-17(25)16(19)20/h3-6,9,11,16H,7-8,10H2,1-2H3/t11-,28?/m1/s1. The van der Waals surface area contributed by atoms with Crippen LogP contribution in [0, 0.1) is 0 Å². The van der Waals surface area contributed by atoms with E-state index < -0.39 is 23.4 Å². The summed E-state index contributed by atoms with van der Waals surface area (Å²) in [6.45, 7) is 3.64. The van der Waals surface area contributed by atoms with Gasteiger partial charge in [-0.15, -0.1) is 0 Å². The SMILES string of the molecule is C[C@@H]1COCCN1c1cc(-n2c(C(F)F)nc3ccccc32)nc([S+](C)[O-])n1. The molecule has 7 nitrogen and oxygen atoms in total. The van der Waals surface area contributed by atoms with Crippen LogP contribution in [0.15, 0.2) is 35.5 Å². The fourth-order valence-corrected chi connectivity index (χ4v) is 3.73. The van der Waals surface area contributed by atoms with Crippen molar-refractivity contribution in [2.45, 2.75) is 24.5 Å². The molecule has 1 aliphatic heterocycles. The number of benzene rings is 1. The highest BCUT2D eigenvalue weighted by Crippen LogP contribution is 2.29. The van der Waals surface area contributed by atoms with Crippen molar-refractivity contribution in [1.29, 1.82) is 0 Å². The number of aromatic nitrogens is 4. The number of hydrogen-bond acceptors (Lipinski definition) is 6. The monoisotopic (exact) mass is 407 g/mol. The number of nitrogens with zero attached hydrogens (tertiary/aromatic N) is 5. The number of ether oxygens (including phenoxy) is 1. The van der Waals surface area contributed by atoms with E-state index in [2.05, 4.69) is 15.0 Å². The lowest BCUT2D eigenvalue weighted by molar-refractivity contribution is 0.0984. The Labute approximate surface area is 163 Å². The summed E-state index contributed by atoms with van der Waals surface area (Å²) in [6.07, 6.45) is -1.32. The largest absolute Gasteiger partial charge is 0.609 e. The molecule has 0 amide bonds. The van der Waals surface area contributed by atoms with E-state index in [0.717, 1.165) is 0 Å². The van der Waals surface area contributed by atoms with Crippen LogP contribution in [0.25, 0.3) is 16.9 Å². The predicted octanol–water partition coefficient (Wildman–Crippen LogP) is 2.72. The zero-order valence-corrected chi connectivity index (χ0v) is 16.2. The van der Waals surface area contributed by atoms with E-state index in [4.69, 9.17) is 4.74 Å². The second-order valence-corrected chi connectivity index (χ2v) is 7.81. The van der Waals surface area contributed by atoms with Gasteiger partial charge in [0.2, 0.25) is 0 Å². The summed E-state index contributed by atoms with van der Waals surface area (Å²) in [5, 5.41) is 0.0872.